The number of pyridine rings is 1. The summed E-state index contributed by atoms with van der Waals surface area (Å²) in [7, 11) is 0. The topological polar surface area (TPSA) is 56.7 Å². The maximum Gasteiger partial charge on any atom is 0.0954 e. The first-order valence-corrected chi connectivity index (χ1v) is 6.77. The van der Waals surface area contributed by atoms with Crippen LogP contribution in [0, 0.1) is 5.92 Å². The maximum absolute atomic E-state index is 5.92. The molecule has 2 atom stereocenters. The van der Waals surface area contributed by atoms with Gasteiger partial charge in [0.2, 0.25) is 0 Å². The van der Waals surface area contributed by atoms with Crippen molar-refractivity contribution < 1.29 is 0 Å². The lowest BCUT2D eigenvalue weighted by atomic mass is 9.92. The van der Waals surface area contributed by atoms with Gasteiger partial charge in [0.1, 0.15) is 0 Å². The second-order valence-corrected chi connectivity index (χ2v) is 5.24. The third-order valence-electron chi connectivity index (χ3n) is 3.67. The van der Waals surface area contributed by atoms with Gasteiger partial charge in [-0.25, -0.2) is 4.98 Å². The minimum absolute atomic E-state index is 0.173. The molecule has 0 aliphatic carbocycles. The van der Waals surface area contributed by atoms with Gasteiger partial charge < -0.3 is 10.3 Å². The molecule has 2 aromatic heterocycles. The largest absolute Gasteiger partial charge is 0.330 e. The second kappa shape index (κ2) is 5.97. The summed E-state index contributed by atoms with van der Waals surface area (Å²) in [6.45, 7) is 7.17. The summed E-state index contributed by atoms with van der Waals surface area (Å²) in [5, 5.41) is 0. The van der Waals surface area contributed by atoms with Crippen LogP contribution >= 0.6 is 0 Å². The van der Waals surface area contributed by atoms with Gasteiger partial charge in [-0.2, -0.15) is 0 Å². The van der Waals surface area contributed by atoms with Crippen molar-refractivity contribution in [3.63, 3.8) is 0 Å². The van der Waals surface area contributed by atoms with Crippen LogP contribution in [0.2, 0.25) is 0 Å². The lowest BCUT2D eigenvalue weighted by molar-refractivity contribution is 0.461. The van der Waals surface area contributed by atoms with E-state index in [0.717, 1.165) is 5.69 Å². The average Bonchev–Trinajstić information content (AvgIpc) is 2.88. The highest BCUT2D eigenvalue weighted by molar-refractivity contribution is 5.15. The number of imidazole rings is 1. The quantitative estimate of drug-likeness (QED) is 0.896. The Kier molecular flexibility index (Phi) is 4.32. The third kappa shape index (κ3) is 2.84. The zero-order valence-corrected chi connectivity index (χ0v) is 11.8. The smallest absolute Gasteiger partial charge is 0.0954 e. The van der Waals surface area contributed by atoms with Crippen molar-refractivity contribution in [1.82, 2.24) is 14.5 Å². The Morgan fingerprint density at radius 1 is 1.26 bits per heavy atom. The van der Waals surface area contributed by atoms with Crippen molar-refractivity contribution in [3.8, 4) is 0 Å². The molecule has 4 heteroatoms. The molecule has 0 saturated carbocycles. The fourth-order valence-electron chi connectivity index (χ4n) is 2.43. The molecule has 0 aliphatic heterocycles. The van der Waals surface area contributed by atoms with Crippen LogP contribution in [0.5, 0.6) is 0 Å². The van der Waals surface area contributed by atoms with E-state index in [9.17, 15) is 0 Å². The van der Waals surface area contributed by atoms with E-state index < -0.39 is 0 Å². The molecule has 0 spiro atoms. The summed E-state index contributed by atoms with van der Waals surface area (Å²) in [5.41, 5.74) is 8.15. The van der Waals surface area contributed by atoms with Crippen LogP contribution in [0.25, 0.3) is 0 Å². The van der Waals surface area contributed by atoms with Gasteiger partial charge in [-0.3, -0.25) is 4.98 Å². The third-order valence-corrected chi connectivity index (χ3v) is 3.67. The lowest BCUT2D eigenvalue weighted by Gasteiger charge is -2.23. The van der Waals surface area contributed by atoms with E-state index in [4.69, 9.17) is 5.73 Å². The van der Waals surface area contributed by atoms with Crippen molar-refractivity contribution in [3.05, 3.63) is 48.3 Å². The molecule has 0 fully saturated rings. The summed E-state index contributed by atoms with van der Waals surface area (Å²) in [5.74, 6) is 0.824. The van der Waals surface area contributed by atoms with E-state index in [1.165, 1.54) is 5.69 Å². The molecule has 0 bridgehead atoms. The van der Waals surface area contributed by atoms with Crippen molar-refractivity contribution in [2.45, 2.75) is 32.7 Å². The zero-order chi connectivity index (χ0) is 13.8. The first kappa shape index (κ1) is 13.7. The Labute approximate surface area is 114 Å². The molecular weight excluding hydrogens is 236 g/mol. The maximum atomic E-state index is 5.92. The predicted molar refractivity (Wildman–Crippen MR) is 76.9 cm³/mol. The predicted octanol–water partition coefficient (Wildman–Crippen LogP) is 2.59. The molecular formula is C15H22N4. The highest BCUT2D eigenvalue weighted by Gasteiger charge is 2.21. The summed E-state index contributed by atoms with van der Waals surface area (Å²) in [6, 6.07) is 6.16. The van der Waals surface area contributed by atoms with E-state index in [2.05, 4.69) is 35.3 Å². The number of hydrogen-bond acceptors (Lipinski definition) is 3. The van der Waals surface area contributed by atoms with Crippen LogP contribution in [0.15, 0.2) is 36.9 Å². The van der Waals surface area contributed by atoms with Crippen molar-refractivity contribution in [2.75, 3.05) is 6.54 Å². The van der Waals surface area contributed by atoms with E-state index in [-0.39, 0.29) is 6.04 Å². The van der Waals surface area contributed by atoms with Crippen molar-refractivity contribution >= 4 is 0 Å². The molecule has 2 heterocycles. The first-order valence-electron chi connectivity index (χ1n) is 6.77. The second-order valence-electron chi connectivity index (χ2n) is 5.24. The molecule has 2 aromatic rings. The van der Waals surface area contributed by atoms with Crippen molar-refractivity contribution in [1.29, 1.82) is 0 Å². The average molecular weight is 258 g/mol. The van der Waals surface area contributed by atoms with Crippen LogP contribution in [0.3, 0.4) is 0 Å². The number of nitrogens with two attached hydrogens (primary N) is 1. The van der Waals surface area contributed by atoms with Gasteiger partial charge in [0.25, 0.3) is 0 Å². The van der Waals surface area contributed by atoms with E-state index in [1.54, 1.807) is 0 Å². The Bertz CT molecular complexity index is 504. The molecule has 4 nitrogen and oxygen atoms in total. The van der Waals surface area contributed by atoms with Gasteiger partial charge in [0, 0.05) is 30.6 Å². The first-order chi connectivity index (χ1) is 9.15. The number of aromatic nitrogens is 3. The Balaban J connectivity index is 2.34. The van der Waals surface area contributed by atoms with Gasteiger partial charge in [0.15, 0.2) is 0 Å². The number of rotatable bonds is 5. The minimum Gasteiger partial charge on any atom is -0.330 e. The van der Waals surface area contributed by atoms with Crippen LogP contribution in [0.4, 0.5) is 0 Å². The summed E-state index contributed by atoms with van der Waals surface area (Å²) in [6.07, 6.45) is 5.63. The molecule has 0 radical (unpaired) electrons. The van der Waals surface area contributed by atoms with Gasteiger partial charge >= 0.3 is 0 Å². The molecule has 2 rings (SSSR count). The molecule has 102 valence electrons. The number of nitrogens with zero attached hydrogens (tertiary/aromatic N) is 3. The summed E-state index contributed by atoms with van der Waals surface area (Å²) < 4.78 is 2.18. The van der Waals surface area contributed by atoms with Gasteiger partial charge in [0.05, 0.1) is 18.1 Å². The van der Waals surface area contributed by atoms with Gasteiger partial charge in [-0.05, 0) is 25.0 Å². The summed E-state index contributed by atoms with van der Waals surface area (Å²) in [4.78, 5) is 8.73. The molecule has 2 N–H and O–H groups in total. The monoisotopic (exact) mass is 258 g/mol. The van der Waals surface area contributed by atoms with Crippen molar-refractivity contribution in [2.24, 2.45) is 11.7 Å². The van der Waals surface area contributed by atoms with Crippen LogP contribution < -0.4 is 5.73 Å². The van der Waals surface area contributed by atoms with E-state index in [0.29, 0.717) is 18.4 Å². The SMILES string of the molecule is CC(C)C(CN)c1cncn1C(C)c1ccccn1. The Morgan fingerprint density at radius 2 is 2.05 bits per heavy atom. The molecule has 0 amide bonds. The normalized spacial score (nSPS) is 14.6. The molecule has 0 aromatic carbocycles. The molecule has 0 saturated heterocycles. The van der Waals surface area contributed by atoms with Crippen LogP contribution in [-0.4, -0.2) is 21.1 Å². The highest BCUT2D eigenvalue weighted by atomic mass is 15.1. The fraction of sp³-hybridized carbons (Fsp3) is 0.467. The lowest BCUT2D eigenvalue weighted by Crippen LogP contribution is -2.22. The highest BCUT2D eigenvalue weighted by Crippen LogP contribution is 2.27. The summed E-state index contributed by atoms with van der Waals surface area (Å²) >= 11 is 0. The van der Waals surface area contributed by atoms with E-state index in [1.807, 2.05) is 36.9 Å². The Hall–Kier alpha value is -1.68. The molecule has 19 heavy (non-hydrogen) atoms. The van der Waals surface area contributed by atoms with E-state index >= 15 is 0 Å². The zero-order valence-electron chi connectivity index (χ0n) is 11.8. The van der Waals surface area contributed by atoms with Crippen LogP contribution in [0.1, 0.15) is 44.1 Å². The molecule has 0 aliphatic rings. The fourth-order valence-corrected chi connectivity index (χ4v) is 2.43. The number of hydrogen-bond donors (Lipinski definition) is 1. The Morgan fingerprint density at radius 3 is 2.63 bits per heavy atom. The van der Waals surface area contributed by atoms with Crippen LogP contribution in [-0.2, 0) is 0 Å². The standard InChI is InChI=1S/C15H22N4/c1-11(2)13(8-16)15-9-17-10-19(15)12(3)14-6-4-5-7-18-14/h4-7,9-13H,8,16H2,1-3H3. The van der Waals surface area contributed by atoms with Gasteiger partial charge in [-0.15, -0.1) is 0 Å². The molecule has 2 unspecified atom stereocenters. The van der Waals surface area contributed by atoms with Gasteiger partial charge in [-0.1, -0.05) is 19.9 Å². The minimum atomic E-state index is 0.173.